The Hall–Kier alpha value is -1.20. The van der Waals surface area contributed by atoms with Crippen molar-refractivity contribution < 1.29 is 9.59 Å². The number of nitrogens with one attached hydrogen (secondary N) is 1. The van der Waals surface area contributed by atoms with E-state index in [9.17, 15) is 9.59 Å². The zero-order valence-corrected chi connectivity index (χ0v) is 10.1. The van der Waals surface area contributed by atoms with Crippen molar-refractivity contribution in [3.05, 3.63) is 21.9 Å². The first-order valence-corrected chi connectivity index (χ1v) is 6.11. The average molecular weight is 240 g/mol. The van der Waals surface area contributed by atoms with E-state index in [1.165, 1.54) is 18.3 Å². The molecule has 0 fully saturated rings. The summed E-state index contributed by atoms with van der Waals surface area (Å²) in [5.41, 5.74) is 5.94. The Bertz CT molecular complexity index is 374. The number of rotatable bonds is 6. The van der Waals surface area contributed by atoms with Gasteiger partial charge < -0.3 is 11.1 Å². The number of ketones is 1. The molecule has 0 radical (unpaired) electrons. The highest BCUT2D eigenvalue weighted by atomic mass is 32.1. The molecule has 1 aromatic rings. The predicted octanol–water partition coefficient (Wildman–Crippen LogP) is 1.42. The first-order chi connectivity index (χ1) is 7.65. The lowest BCUT2D eigenvalue weighted by Crippen LogP contribution is -2.24. The summed E-state index contributed by atoms with van der Waals surface area (Å²) >= 11 is 1.29. The van der Waals surface area contributed by atoms with E-state index in [-0.39, 0.29) is 11.7 Å². The Morgan fingerprint density at radius 1 is 1.44 bits per heavy atom. The smallest absolute Gasteiger partial charge is 0.261 e. The zero-order chi connectivity index (χ0) is 12.0. The Balaban J connectivity index is 2.43. The molecular weight excluding hydrogens is 224 g/mol. The molecule has 0 bridgehead atoms. The summed E-state index contributed by atoms with van der Waals surface area (Å²) in [6, 6.07) is 1.63. The van der Waals surface area contributed by atoms with Crippen LogP contribution in [0, 0.1) is 0 Å². The van der Waals surface area contributed by atoms with E-state index in [0.717, 1.165) is 12.8 Å². The van der Waals surface area contributed by atoms with Crippen LogP contribution in [0.15, 0.2) is 11.4 Å². The SMILES string of the molecule is CC(=O)c1csc(C(=O)NCCCCN)c1. The third-order valence-corrected chi connectivity index (χ3v) is 3.08. The second-order valence-electron chi connectivity index (χ2n) is 3.51. The lowest BCUT2D eigenvalue weighted by molar-refractivity contribution is 0.0957. The molecule has 1 aromatic heterocycles. The van der Waals surface area contributed by atoms with Gasteiger partial charge in [0.15, 0.2) is 5.78 Å². The van der Waals surface area contributed by atoms with Crippen LogP contribution in [-0.4, -0.2) is 24.8 Å². The molecule has 0 aromatic carbocycles. The van der Waals surface area contributed by atoms with Gasteiger partial charge >= 0.3 is 0 Å². The fourth-order valence-electron chi connectivity index (χ4n) is 1.20. The third-order valence-electron chi connectivity index (χ3n) is 2.15. The van der Waals surface area contributed by atoms with Gasteiger partial charge in [0.25, 0.3) is 5.91 Å². The van der Waals surface area contributed by atoms with Crippen LogP contribution in [0.2, 0.25) is 0 Å². The molecule has 0 aliphatic heterocycles. The van der Waals surface area contributed by atoms with Gasteiger partial charge in [-0.1, -0.05) is 0 Å². The van der Waals surface area contributed by atoms with Crippen molar-refractivity contribution in [2.75, 3.05) is 13.1 Å². The van der Waals surface area contributed by atoms with Crippen LogP contribution in [0.4, 0.5) is 0 Å². The van der Waals surface area contributed by atoms with Gasteiger partial charge in [0.1, 0.15) is 0 Å². The molecule has 0 saturated heterocycles. The summed E-state index contributed by atoms with van der Waals surface area (Å²) in [6.45, 7) is 2.76. The van der Waals surface area contributed by atoms with Crippen LogP contribution in [0.1, 0.15) is 39.8 Å². The van der Waals surface area contributed by atoms with Crippen LogP contribution >= 0.6 is 11.3 Å². The van der Waals surface area contributed by atoms with Crippen LogP contribution in [-0.2, 0) is 0 Å². The number of nitrogens with two attached hydrogens (primary N) is 1. The lowest BCUT2D eigenvalue weighted by atomic mass is 10.2. The van der Waals surface area contributed by atoms with Crippen LogP contribution in [0.3, 0.4) is 0 Å². The van der Waals surface area contributed by atoms with Gasteiger partial charge in [-0.3, -0.25) is 9.59 Å². The first-order valence-electron chi connectivity index (χ1n) is 5.23. The minimum absolute atomic E-state index is 0.0153. The van der Waals surface area contributed by atoms with E-state index >= 15 is 0 Å². The number of thiophene rings is 1. The van der Waals surface area contributed by atoms with E-state index in [2.05, 4.69) is 5.32 Å². The van der Waals surface area contributed by atoms with Gasteiger partial charge in [-0.15, -0.1) is 11.3 Å². The molecule has 1 rings (SSSR count). The Morgan fingerprint density at radius 3 is 2.75 bits per heavy atom. The third kappa shape index (κ3) is 3.75. The molecule has 1 amide bonds. The van der Waals surface area contributed by atoms with Crippen molar-refractivity contribution in [3.8, 4) is 0 Å². The number of carbonyl (C=O) groups is 2. The van der Waals surface area contributed by atoms with Crippen molar-refractivity contribution in [1.29, 1.82) is 0 Å². The molecule has 5 heteroatoms. The molecule has 16 heavy (non-hydrogen) atoms. The number of amides is 1. The maximum atomic E-state index is 11.6. The molecule has 88 valence electrons. The molecule has 0 unspecified atom stereocenters. The fourth-order valence-corrected chi connectivity index (χ4v) is 2.06. The van der Waals surface area contributed by atoms with Gasteiger partial charge in [-0.2, -0.15) is 0 Å². The molecule has 3 N–H and O–H groups in total. The van der Waals surface area contributed by atoms with Crippen LogP contribution < -0.4 is 11.1 Å². The van der Waals surface area contributed by atoms with E-state index < -0.39 is 0 Å². The normalized spacial score (nSPS) is 10.1. The maximum absolute atomic E-state index is 11.6. The number of Topliss-reactive ketones (excluding diaryl/α,β-unsaturated/α-hetero) is 1. The minimum atomic E-state index is -0.116. The van der Waals surface area contributed by atoms with Gasteiger partial charge in [-0.05, 0) is 32.4 Å². The standard InChI is InChI=1S/C11H16N2O2S/c1-8(14)9-6-10(16-7-9)11(15)13-5-3-2-4-12/h6-7H,2-5,12H2,1H3,(H,13,15). The minimum Gasteiger partial charge on any atom is -0.351 e. The maximum Gasteiger partial charge on any atom is 0.261 e. The summed E-state index contributed by atoms with van der Waals surface area (Å²) in [5, 5.41) is 4.50. The summed E-state index contributed by atoms with van der Waals surface area (Å²) < 4.78 is 0. The molecule has 0 atom stereocenters. The number of carbonyl (C=O) groups excluding carboxylic acids is 2. The summed E-state index contributed by atoms with van der Waals surface area (Å²) in [6.07, 6.45) is 1.79. The van der Waals surface area contributed by atoms with Gasteiger partial charge in [0.05, 0.1) is 4.88 Å². The highest BCUT2D eigenvalue weighted by molar-refractivity contribution is 7.12. The predicted molar refractivity (Wildman–Crippen MR) is 64.9 cm³/mol. The second kappa shape index (κ2) is 6.40. The molecule has 0 spiro atoms. The topological polar surface area (TPSA) is 72.2 Å². The largest absolute Gasteiger partial charge is 0.351 e. The van der Waals surface area contributed by atoms with E-state index in [1.807, 2.05) is 0 Å². The van der Waals surface area contributed by atoms with Crippen molar-refractivity contribution >= 4 is 23.0 Å². The fraction of sp³-hybridized carbons (Fsp3) is 0.455. The summed E-state index contributed by atoms with van der Waals surface area (Å²) in [7, 11) is 0. The van der Waals surface area contributed by atoms with Crippen LogP contribution in [0.5, 0.6) is 0 Å². The van der Waals surface area contributed by atoms with E-state index in [4.69, 9.17) is 5.73 Å². The lowest BCUT2D eigenvalue weighted by Gasteiger charge is -2.01. The Morgan fingerprint density at radius 2 is 2.19 bits per heavy atom. The van der Waals surface area contributed by atoms with E-state index in [0.29, 0.717) is 23.5 Å². The van der Waals surface area contributed by atoms with Gasteiger partial charge in [-0.25, -0.2) is 0 Å². The summed E-state index contributed by atoms with van der Waals surface area (Å²) in [5.74, 6) is -0.132. The zero-order valence-electron chi connectivity index (χ0n) is 9.29. The molecule has 0 saturated carbocycles. The van der Waals surface area contributed by atoms with Crippen molar-refractivity contribution in [3.63, 3.8) is 0 Å². The number of hydrogen-bond acceptors (Lipinski definition) is 4. The van der Waals surface area contributed by atoms with Crippen LogP contribution in [0.25, 0.3) is 0 Å². The molecule has 1 heterocycles. The average Bonchev–Trinajstić information content (AvgIpc) is 2.73. The van der Waals surface area contributed by atoms with Gasteiger partial charge in [0.2, 0.25) is 0 Å². The second-order valence-corrected chi connectivity index (χ2v) is 4.42. The monoisotopic (exact) mass is 240 g/mol. The van der Waals surface area contributed by atoms with Crippen molar-refractivity contribution in [2.24, 2.45) is 5.73 Å². The molecule has 0 aliphatic carbocycles. The highest BCUT2D eigenvalue weighted by Crippen LogP contribution is 2.14. The van der Waals surface area contributed by atoms with Gasteiger partial charge in [0, 0.05) is 17.5 Å². The highest BCUT2D eigenvalue weighted by Gasteiger charge is 2.10. The number of unbranched alkanes of at least 4 members (excludes halogenated alkanes) is 1. The van der Waals surface area contributed by atoms with E-state index in [1.54, 1.807) is 11.4 Å². The molecule has 0 aliphatic rings. The first kappa shape index (κ1) is 12.9. The van der Waals surface area contributed by atoms with Crippen molar-refractivity contribution in [1.82, 2.24) is 5.32 Å². The quantitative estimate of drug-likeness (QED) is 0.583. The summed E-state index contributed by atoms with van der Waals surface area (Å²) in [4.78, 5) is 23.2. The molecule has 4 nitrogen and oxygen atoms in total. The molecular formula is C11H16N2O2S. The van der Waals surface area contributed by atoms with Crippen molar-refractivity contribution in [2.45, 2.75) is 19.8 Å². The number of hydrogen-bond donors (Lipinski definition) is 2. The Kier molecular flexibility index (Phi) is 5.14. The Labute approximate surface area is 98.8 Å².